The van der Waals surface area contributed by atoms with Gasteiger partial charge in [-0.2, -0.15) is 0 Å². The Morgan fingerprint density at radius 1 is 1.22 bits per heavy atom. The molecule has 0 atom stereocenters. The number of esters is 1. The molecule has 2 aromatic carbocycles. The van der Waals surface area contributed by atoms with E-state index in [9.17, 15) is 4.79 Å². The molecule has 0 heterocycles. The van der Waals surface area contributed by atoms with Gasteiger partial charge in [-0.05, 0) is 41.8 Å². The smallest absolute Gasteiger partial charge is 0.308 e. The SMILES string of the molecule is C=C(C)Cc1cccc2cc(OC(C)=O)ccc12. The van der Waals surface area contributed by atoms with Gasteiger partial charge in [-0.25, -0.2) is 0 Å². The second-order valence-electron chi connectivity index (χ2n) is 4.53. The molecule has 0 spiro atoms. The van der Waals surface area contributed by atoms with E-state index in [-0.39, 0.29) is 5.97 Å². The topological polar surface area (TPSA) is 26.3 Å². The molecule has 0 aromatic heterocycles. The molecule has 0 radical (unpaired) electrons. The lowest BCUT2D eigenvalue weighted by Crippen LogP contribution is -2.01. The van der Waals surface area contributed by atoms with Crippen LogP contribution >= 0.6 is 0 Å². The van der Waals surface area contributed by atoms with E-state index in [0.717, 1.165) is 17.4 Å². The van der Waals surface area contributed by atoms with Crippen molar-refractivity contribution < 1.29 is 9.53 Å². The second-order valence-corrected chi connectivity index (χ2v) is 4.53. The highest BCUT2D eigenvalue weighted by Crippen LogP contribution is 2.25. The first-order valence-corrected chi connectivity index (χ1v) is 5.91. The Hall–Kier alpha value is -2.09. The quantitative estimate of drug-likeness (QED) is 0.462. The van der Waals surface area contributed by atoms with Gasteiger partial charge in [0.25, 0.3) is 0 Å². The number of allylic oxidation sites excluding steroid dienone is 1. The van der Waals surface area contributed by atoms with Crippen LogP contribution < -0.4 is 4.74 Å². The Bertz CT molecular complexity index is 612. The number of carbonyl (C=O) groups excluding carboxylic acids is 1. The van der Waals surface area contributed by atoms with E-state index in [1.54, 1.807) is 0 Å². The summed E-state index contributed by atoms with van der Waals surface area (Å²) in [6, 6.07) is 11.8. The molecule has 2 rings (SSSR count). The van der Waals surface area contributed by atoms with Gasteiger partial charge in [0.2, 0.25) is 0 Å². The summed E-state index contributed by atoms with van der Waals surface area (Å²) in [6.07, 6.45) is 0.865. The van der Waals surface area contributed by atoms with Crippen molar-refractivity contribution in [3.8, 4) is 5.75 Å². The van der Waals surface area contributed by atoms with Crippen molar-refractivity contribution in [3.63, 3.8) is 0 Å². The van der Waals surface area contributed by atoms with E-state index in [4.69, 9.17) is 4.74 Å². The van der Waals surface area contributed by atoms with E-state index < -0.39 is 0 Å². The molecule has 0 saturated heterocycles. The average Bonchev–Trinajstić information content (AvgIpc) is 2.27. The lowest BCUT2D eigenvalue weighted by atomic mass is 9.99. The molecular formula is C16H16O2. The van der Waals surface area contributed by atoms with Crippen LogP contribution in [0.1, 0.15) is 19.4 Å². The number of fused-ring (bicyclic) bond motifs is 1. The van der Waals surface area contributed by atoms with Crippen LogP contribution in [0.3, 0.4) is 0 Å². The van der Waals surface area contributed by atoms with E-state index >= 15 is 0 Å². The molecule has 0 amide bonds. The maximum absolute atomic E-state index is 10.9. The fraction of sp³-hybridized carbons (Fsp3) is 0.188. The first-order valence-electron chi connectivity index (χ1n) is 5.91. The molecule has 18 heavy (non-hydrogen) atoms. The zero-order valence-corrected chi connectivity index (χ0v) is 10.7. The van der Waals surface area contributed by atoms with Gasteiger partial charge in [0.15, 0.2) is 0 Å². The fourth-order valence-corrected chi connectivity index (χ4v) is 2.04. The molecule has 2 aromatic rings. The van der Waals surface area contributed by atoms with Gasteiger partial charge in [-0.15, -0.1) is 0 Å². The van der Waals surface area contributed by atoms with Gasteiger partial charge < -0.3 is 4.74 Å². The molecular weight excluding hydrogens is 224 g/mol. The summed E-state index contributed by atoms with van der Waals surface area (Å²) in [5.74, 6) is 0.287. The third kappa shape index (κ3) is 2.77. The number of hydrogen-bond donors (Lipinski definition) is 0. The Kier molecular flexibility index (Phi) is 3.47. The van der Waals surface area contributed by atoms with Crippen molar-refractivity contribution in [1.82, 2.24) is 0 Å². The molecule has 2 nitrogen and oxygen atoms in total. The highest BCUT2D eigenvalue weighted by molar-refractivity contribution is 5.87. The van der Waals surface area contributed by atoms with E-state index in [1.165, 1.54) is 17.9 Å². The summed E-state index contributed by atoms with van der Waals surface area (Å²) >= 11 is 0. The molecule has 0 unspecified atom stereocenters. The van der Waals surface area contributed by atoms with Crippen molar-refractivity contribution in [2.45, 2.75) is 20.3 Å². The Balaban J connectivity index is 2.46. The van der Waals surface area contributed by atoms with Crippen LogP contribution in [0.4, 0.5) is 0 Å². The van der Waals surface area contributed by atoms with Crippen LogP contribution in [-0.4, -0.2) is 5.97 Å². The Morgan fingerprint density at radius 3 is 2.67 bits per heavy atom. The summed E-state index contributed by atoms with van der Waals surface area (Å²) in [7, 11) is 0. The molecule has 0 N–H and O–H groups in total. The van der Waals surface area contributed by atoms with Gasteiger partial charge in [0.1, 0.15) is 5.75 Å². The van der Waals surface area contributed by atoms with Crippen molar-refractivity contribution >= 4 is 16.7 Å². The second kappa shape index (κ2) is 5.05. The van der Waals surface area contributed by atoms with Gasteiger partial charge in [0, 0.05) is 6.92 Å². The molecule has 0 aliphatic rings. The lowest BCUT2D eigenvalue weighted by Gasteiger charge is -2.08. The minimum Gasteiger partial charge on any atom is -0.427 e. The largest absolute Gasteiger partial charge is 0.427 e. The van der Waals surface area contributed by atoms with Crippen molar-refractivity contribution in [1.29, 1.82) is 0 Å². The van der Waals surface area contributed by atoms with Crippen LogP contribution in [-0.2, 0) is 11.2 Å². The molecule has 0 fully saturated rings. The zero-order chi connectivity index (χ0) is 13.1. The molecule has 2 heteroatoms. The summed E-state index contributed by atoms with van der Waals surface area (Å²) in [5.41, 5.74) is 2.38. The fourth-order valence-electron chi connectivity index (χ4n) is 2.04. The predicted octanol–water partition coefficient (Wildman–Crippen LogP) is 3.88. The van der Waals surface area contributed by atoms with Gasteiger partial charge in [0.05, 0.1) is 0 Å². The van der Waals surface area contributed by atoms with Crippen LogP contribution in [0.25, 0.3) is 10.8 Å². The Morgan fingerprint density at radius 2 is 2.00 bits per heavy atom. The molecule has 0 bridgehead atoms. The maximum Gasteiger partial charge on any atom is 0.308 e. The van der Waals surface area contributed by atoms with Crippen molar-refractivity contribution in [3.05, 3.63) is 54.1 Å². The summed E-state index contributed by atoms with van der Waals surface area (Å²) in [5, 5.41) is 2.25. The number of rotatable bonds is 3. The molecule has 0 saturated carbocycles. The molecule has 0 aliphatic carbocycles. The molecule has 0 aliphatic heterocycles. The van der Waals surface area contributed by atoms with Crippen molar-refractivity contribution in [2.75, 3.05) is 0 Å². The lowest BCUT2D eigenvalue weighted by molar-refractivity contribution is -0.131. The van der Waals surface area contributed by atoms with Gasteiger partial charge in [-0.3, -0.25) is 4.79 Å². The van der Waals surface area contributed by atoms with Crippen LogP contribution in [0, 0.1) is 0 Å². The highest BCUT2D eigenvalue weighted by Gasteiger charge is 2.04. The van der Waals surface area contributed by atoms with Crippen molar-refractivity contribution in [2.24, 2.45) is 0 Å². The standard InChI is InChI=1S/C16H16O2/c1-11(2)9-13-5-4-6-14-10-15(18-12(3)17)7-8-16(13)14/h4-8,10H,1,9H2,2-3H3. The first kappa shape index (κ1) is 12.4. The van der Waals surface area contributed by atoms with Gasteiger partial charge in [-0.1, -0.05) is 36.4 Å². The average molecular weight is 240 g/mol. The Labute approximate surface area is 107 Å². The number of ether oxygens (including phenoxy) is 1. The number of carbonyl (C=O) groups is 1. The molecule has 92 valence electrons. The van der Waals surface area contributed by atoms with Gasteiger partial charge >= 0.3 is 5.97 Å². The highest BCUT2D eigenvalue weighted by atomic mass is 16.5. The monoisotopic (exact) mass is 240 g/mol. The van der Waals surface area contributed by atoms with Crippen LogP contribution in [0.15, 0.2) is 48.6 Å². The van der Waals surface area contributed by atoms with Crippen LogP contribution in [0.2, 0.25) is 0 Å². The first-order chi connectivity index (χ1) is 8.56. The van der Waals surface area contributed by atoms with E-state index in [0.29, 0.717) is 5.75 Å². The summed E-state index contributed by atoms with van der Waals surface area (Å²) in [6.45, 7) is 7.37. The number of hydrogen-bond acceptors (Lipinski definition) is 2. The number of benzene rings is 2. The van der Waals surface area contributed by atoms with E-state index in [2.05, 4.69) is 12.6 Å². The third-order valence-corrected chi connectivity index (χ3v) is 2.70. The third-order valence-electron chi connectivity index (χ3n) is 2.70. The normalized spacial score (nSPS) is 10.3. The minimum atomic E-state index is -0.299. The zero-order valence-electron chi connectivity index (χ0n) is 10.7. The summed E-state index contributed by atoms with van der Waals surface area (Å²) < 4.78 is 5.09. The van der Waals surface area contributed by atoms with Crippen LogP contribution in [0.5, 0.6) is 5.75 Å². The summed E-state index contributed by atoms with van der Waals surface area (Å²) in [4.78, 5) is 10.9. The minimum absolute atomic E-state index is 0.299. The predicted molar refractivity (Wildman–Crippen MR) is 73.8 cm³/mol. The maximum atomic E-state index is 10.9. The van der Waals surface area contributed by atoms with E-state index in [1.807, 2.05) is 37.3 Å².